The number of ketones is 1. The first kappa shape index (κ1) is 37.2. The fourth-order valence-corrected chi connectivity index (χ4v) is 5.06. The molecule has 0 aliphatic heterocycles. The molecule has 3 amide bonds. The van der Waals surface area contributed by atoms with Gasteiger partial charge in [0.05, 0.1) is 18.6 Å². The van der Waals surface area contributed by atoms with Crippen molar-refractivity contribution in [2.24, 2.45) is 11.5 Å². The van der Waals surface area contributed by atoms with E-state index in [2.05, 4.69) is 16.0 Å². The topological polar surface area (TPSA) is 203 Å². The van der Waals surface area contributed by atoms with Crippen LogP contribution in [-0.2, 0) is 41.6 Å². The van der Waals surface area contributed by atoms with Gasteiger partial charge in [-0.25, -0.2) is 0 Å². The van der Waals surface area contributed by atoms with Crippen molar-refractivity contribution in [1.82, 2.24) is 16.0 Å². The van der Waals surface area contributed by atoms with Gasteiger partial charge in [0.2, 0.25) is 17.7 Å². The van der Waals surface area contributed by atoms with Crippen molar-refractivity contribution in [2.45, 2.75) is 64.1 Å². The fourth-order valence-electron chi connectivity index (χ4n) is 4.59. The SMILES string of the molecule is CSCC[C@H](NC(=O)[C@@H](N)Cc1c(C)cc(O)cc1C)C(=O)NCC(=O)N[C@@H](Cc1ccccc1)C(=O)COC(=O)CCCN. The average molecular weight is 644 g/mol. The van der Waals surface area contributed by atoms with Crippen LogP contribution in [0, 0.1) is 13.8 Å². The van der Waals surface area contributed by atoms with E-state index in [0.29, 0.717) is 25.1 Å². The number of nitrogens with one attached hydrogen (secondary N) is 3. The molecule has 0 aliphatic rings. The van der Waals surface area contributed by atoms with Crippen LogP contribution in [0.2, 0.25) is 0 Å². The number of aromatic hydroxyl groups is 1. The Morgan fingerprint density at radius 3 is 2.24 bits per heavy atom. The molecular formula is C32H45N5O7S. The van der Waals surface area contributed by atoms with Crippen LogP contribution in [0.1, 0.15) is 41.5 Å². The van der Waals surface area contributed by atoms with Gasteiger partial charge in [0.1, 0.15) is 11.8 Å². The standard InChI is InChI=1S/C32H45N5O7S/c1-20-14-23(38)15-21(2)24(20)17-25(34)31(42)37-26(11-13-45-3)32(43)35-18-29(40)36-27(16-22-8-5-4-6-9-22)28(39)19-44-30(41)10-7-12-33/h4-6,8-9,14-15,25-27,38H,7,10-13,16-19,33-34H2,1-3H3,(H,35,43)(H,36,40)(H,37,42)/t25-,26-,27-/m0/s1. The molecule has 45 heavy (non-hydrogen) atoms. The molecule has 3 atom stereocenters. The van der Waals surface area contributed by atoms with E-state index in [4.69, 9.17) is 16.2 Å². The third-order valence-corrected chi connectivity index (χ3v) is 7.72. The highest BCUT2D eigenvalue weighted by atomic mass is 32.2. The second kappa shape index (κ2) is 19.4. The molecule has 2 rings (SSSR count). The molecule has 0 saturated heterocycles. The first-order valence-corrected chi connectivity index (χ1v) is 16.2. The lowest BCUT2D eigenvalue weighted by atomic mass is 9.96. The van der Waals surface area contributed by atoms with Gasteiger partial charge in [-0.1, -0.05) is 30.3 Å². The largest absolute Gasteiger partial charge is 0.508 e. The summed E-state index contributed by atoms with van der Waals surface area (Å²) in [4.78, 5) is 63.7. The molecule has 0 bridgehead atoms. The number of carbonyl (C=O) groups is 5. The van der Waals surface area contributed by atoms with E-state index < -0.39 is 60.8 Å². The Morgan fingerprint density at radius 1 is 0.956 bits per heavy atom. The first-order valence-electron chi connectivity index (χ1n) is 14.8. The minimum absolute atomic E-state index is 0.0841. The second-order valence-electron chi connectivity index (χ2n) is 10.8. The Labute approximate surface area is 268 Å². The smallest absolute Gasteiger partial charge is 0.306 e. The van der Waals surface area contributed by atoms with E-state index in [-0.39, 0.29) is 25.0 Å². The van der Waals surface area contributed by atoms with Crippen molar-refractivity contribution in [3.05, 3.63) is 64.7 Å². The van der Waals surface area contributed by atoms with Crippen LogP contribution in [0.4, 0.5) is 0 Å². The Balaban J connectivity index is 2.01. The van der Waals surface area contributed by atoms with E-state index in [9.17, 15) is 29.1 Å². The predicted octanol–water partition coefficient (Wildman–Crippen LogP) is 0.812. The van der Waals surface area contributed by atoms with Gasteiger partial charge in [-0.05, 0) is 92.5 Å². The summed E-state index contributed by atoms with van der Waals surface area (Å²) in [7, 11) is 0. The minimum atomic E-state index is -1.00. The number of Topliss-reactive ketones (excluding diaryl/α,β-unsaturated/α-hetero) is 1. The van der Waals surface area contributed by atoms with Crippen LogP contribution < -0.4 is 27.4 Å². The fraction of sp³-hybridized carbons (Fsp3) is 0.469. The molecule has 0 saturated carbocycles. The molecular weight excluding hydrogens is 598 g/mol. The number of rotatable bonds is 19. The highest BCUT2D eigenvalue weighted by Gasteiger charge is 2.26. The molecule has 0 heterocycles. The van der Waals surface area contributed by atoms with Gasteiger partial charge in [-0.3, -0.25) is 24.0 Å². The number of esters is 1. The van der Waals surface area contributed by atoms with Crippen LogP contribution in [0.25, 0.3) is 0 Å². The summed E-state index contributed by atoms with van der Waals surface area (Å²) >= 11 is 1.49. The quantitative estimate of drug-likeness (QED) is 0.119. The Bertz CT molecular complexity index is 1290. The number of carbonyl (C=O) groups excluding carboxylic acids is 5. The molecule has 2 aromatic carbocycles. The molecule has 246 valence electrons. The molecule has 8 N–H and O–H groups in total. The van der Waals surface area contributed by atoms with E-state index in [1.165, 1.54) is 11.8 Å². The Kier molecular flexibility index (Phi) is 16.1. The van der Waals surface area contributed by atoms with Crippen LogP contribution in [0.5, 0.6) is 5.75 Å². The summed E-state index contributed by atoms with van der Waals surface area (Å²) in [5, 5.41) is 17.7. The van der Waals surface area contributed by atoms with Crippen molar-refractivity contribution in [3.63, 3.8) is 0 Å². The number of nitrogens with two attached hydrogens (primary N) is 2. The molecule has 0 fully saturated rings. The number of ether oxygens (including phenoxy) is 1. The van der Waals surface area contributed by atoms with Crippen molar-refractivity contribution >= 4 is 41.2 Å². The van der Waals surface area contributed by atoms with Crippen molar-refractivity contribution in [3.8, 4) is 5.75 Å². The number of thioether (sulfide) groups is 1. The highest BCUT2D eigenvalue weighted by Crippen LogP contribution is 2.22. The van der Waals surface area contributed by atoms with Crippen LogP contribution in [0.15, 0.2) is 42.5 Å². The number of aryl methyl sites for hydroxylation is 2. The first-order chi connectivity index (χ1) is 21.4. The summed E-state index contributed by atoms with van der Waals surface area (Å²) in [5.41, 5.74) is 14.8. The number of benzene rings is 2. The second-order valence-corrected chi connectivity index (χ2v) is 11.7. The molecule has 12 nitrogen and oxygen atoms in total. The molecule has 2 aromatic rings. The molecule has 0 spiro atoms. The Hall–Kier alpha value is -3.94. The average Bonchev–Trinajstić information content (AvgIpc) is 3.01. The molecule has 0 unspecified atom stereocenters. The van der Waals surface area contributed by atoms with Crippen molar-refractivity contribution < 1.29 is 33.8 Å². The lowest BCUT2D eigenvalue weighted by Gasteiger charge is -2.22. The third kappa shape index (κ3) is 13.3. The number of phenols is 1. The van der Waals surface area contributed by atoms with Crippen LogP contribution in [-0.4, -0.2) is 84.4 Å². The zero-order chi connectivity index (χ0) is 33.4. The maximum absolute atomic E-state index is 13.1. The lowest BCUT2D eigenvalue weighted by molar-refractivity contribution is -0.148. The zero-order valence-electron chi connectivity index (χ0n) is 26.1. The number of phenolic OH excluding ortho intramolecular Hbond substituents is 1. The summed E-state index contributed by atoms with van der Waals surface area (Å²) < 4.78 is 5.06. The molecule has 13 heteroatoms. The van der Waals surface area contributed by atoms with Gasteiger partial charge < -0.3 is 37.3 Å². The van der Waals surface area contributed by atoms with E-state index in [1.54, 1.807) is 36.4 Å². The normalized spacial score (nSPS) is 12.8. The van der Waals surface area contributed by atoms with E-state index in [0.717, 1.165) is 22.3 Å². The van der Waals surface area contributed by atoms with Gasteiger partial charge in [-0.2, -0.15) is 11.8 Å². The van der Waals surface area contributed by atoms with Crippen molar-refractivity contribution in [1.29, 1.82) is 0 Å². The zero-order valence-corrected chi connectivity index (χ0v) is 26.9. The molecule has 0 aliphatic carbocycles. The van der Waals surface area contributed by atoms with E-state index >= 15 is 0 Å². The number of hydrogen-bond acceptors (Lipinski definition) is 10. The molecule has 0 radical (unpaired) electrons. The van der Waals surface area contributed by atoms with Gasteiger partial charge in [0.15, 0.2) is 12.4 Å². The van der Waals surface area contributed by atoms with E-state index in [1.807, 2.05) is 26.2 Å². The summed E-state index contributed by atoms with van der Waals surface area (Å²) in [6.45, 7) is 2.99. The predicted molar refractivity (Wildman–Crippen MR) is 174 cm³/mol. The number of amides is 3. The highest BCUT2D eigenvalue weighted by molar-refractivity contribution is 7.98. The van der Waals surface area contributed by atoms with Gasteiger partial charge in [-0.15, -0.1) is 0 Å². The van der Waals surface area contributed by atoms with Crippen LogP contribution >= 0.6 is 11.8 Å². The van der Waals surface area contributed by atoms with Crippen LogP contribution in [0.3, 0.4) is 0 Å². The summed E-state index contributed by atoms with van der Waals surface area (Å²) in [6.07, 6.45) is 3.05. The Morgan fingerprint density at radius 2 is 1.62 bits per heavy atom. The van der Waals surface area contributed by atoms with Gasteiger partial charge in [0.25, 0.3) is 0 Å². The minimum Gasteiger partial charge on any atom is -0.508 e. The number of hydrogen-bond donors (Lipinski definition) is 6. The van der Waals surface area contributed by atoms with Gasteiger partial charge in [0, 0.05) is 6.42 Å². The van der Waals surface area contributed by atoms with Gasteiger partial charge >= 0.3 is 5.97 Å². The summed E-state index contributed by atoms with van der Waals surface area (Å²) in [5.74, 6) is -2.10. The van der Waals surface area contributed by atoms with Crippen molar-refractivity contribution in [2.75, 3.05) is 31.7 Å². The maximum atomic E-state index is 13.1. The third-order valence-electron chi connectivity index (χ3n) is 7.08. The maximum Gasteiger partial charge on any atom is 0.306 e. The molecule has 0 aromatic heterocycles. The summed E-state index contributed by atoms with van der Waals surface area (Å²) in [6, 6.07) is 9.32. The monoisotopic (exact) mass is 643 g/mol. The lowest BCUT2D eigenvalue weighted by Crippen LogP contribution is -2.54.